The number of benzene rings is 3. The van der Waals surface area contributed by atoms with E-state index < -0.39 is 10.3 Å². The lowest BCUT2D eigenvalue weighted by Crippen LogP contribution is -2.49. The van der Waals surface area contributed by atoms with E-state index in [1.165, 1.54) is 0 Å². The third-order valence-electron chi connectivity index (χ3n) is 12.0. The zero-order valence-electron chi connectivity index (χ0n) is 31.7. The third kappa shape index (κ3) is 6.67. The maximum atomic E-state index is 14.0. The molecular formula is C44H50N6O2S. The molecule has 5 aromatic rings. The van der Waals surface area contributed by atoms with E-state index in [2.05, 4.69) is 61.6 Å². The van der Waals surface area contributed by atoms with Crippen molar-refractivity contribution in [2.75, 3.05) is 13.1 Å². The fourth-order valence-corrected chi connectivity index (χ4v) is 8.33. The molecule has 0 bridgehead atoms. The minimum Gasteiger partial charge on any atom is -0.340 e. The monoisotopic (exact) mass is 726 g/mol. The first-order chi connectivity index (χ1) is 25.3. The molecule has 3 unspecified atom stereocenters. The molecule has 7 rings (SSSR count). The second-order valence-electron chi connectivity index (χ2n) is 15.8. The summed E-state index contributed by atoms with van der Waals surface area (Å²) in [7, 11) is 0. The van der Waals surface area contributed by atoms with Gasteiger partial charge < -0.3 is 19.8 Å². The number of carbonyl (C=O) groups excluding carboxylic acids is 2. The number of likely N-dealkylation sites (tertiary alicyclic amines) is 2. The van der Waals surface area contributed by atoms with Crippen LogP contribution in [0.5, 0.6) is 0 Å². The van der Waals surface area contributed by atoms with Gasteiger partial charge in [0.1, 0.15) is 16.5 Å². The second kappa shape index (κ2) is 14.2. The highest BCUT2D eigenvalue weighted by Gasteiger charge is 2.49. The summed E-state index contributed by atoms with van der Waals surface area (Å²) in [6.07, 6.45) is 6.15. The van der Waals surface area contributed by atoms with Crippen molar-refractivity contribution in [3.8, 4) is 23.1 Å². The SMILES string of the molecule is CCC(C)(C(=O)N1CCCC1c1ncc(-c2ccc(C#Cc3ccc4nc(C5(S)CCCN5C(=O)C(C)(C)c5ccccc5)[nH]c4c3)cc2)[nH]1)C(C)C. The fourth-order valence-electron chi connectivity index (χ4n) is 7.87. The Morgan fingerprint density at radius 1 is 0.943 bits per heavy atom. The summed E-state index contributed by atoms with van der Waals surface area (Å²) in [5.74, 6) is 8.67. The highest BCUT2D eigenvalue weighted by Crippen LogP contribution is 2.44. The van der Waals surface area contributed by atoms with Gasteiger partial charge in [-0.3, -0.25) is 9.59 Å². The van der Waals surface area contributed by atoms with Gasteiger partial charge in [-0.1, -0.05) is 82.0 Å². The van der Waals surface area contributed by atoms with Crippen molar-refractivity contribution in [3.05, 3.63) is 107 Å². The number of nitrogens with zero attached hydrogens (tertiary/aromatic N) is 4. The van der Waals surface area contributed by atoms with Crippen molar-refractivity contribution >= 4 is 35.5 Å². The molecule has 8 nitrogen and oxygen atoms in total. The zero-order valence-corrected chi connectivity index (χ0v) is 32.6. The summed E-state index contributed by atoms with van der Waals surface area (Å²) >= 11 is 5.13. The maximum Gasteiger partial charge on any atom is 0.234 e. The van der Waals surface area contributed by atoms with Crippen LogP contribution in [0, 0.1) is 23.2 Å². The number of H-pyrrole nitrogens is 2. The van der Waals surface area contributed by atoms with Crippen LogP contribution in [0.3, 0.4) is 0 Å². The Labute approximate surface area is 318 Å². The minimum atomic E-state index is -0.830. The first-order valence-electron chi connectivity index (χ1n) is 18.9. The van der Waals surface area contributed by atoms with E-state index in [1.54, 1.807) is 0 Å². The van der Waals surface area contributed by atoms with Crippen LogP contribution in [-0.2, 0) is 19.9 Å². The molecule has 3 atom stereocenters. The number of imidazole rings is 2. The normalized spacial score (nSPS) is 20.1. The molecule has 2 N–H and O–H groups in total. The zero-order chi connectivity index (χ0) is 37.5. The van der Waals surface area contributed by atoms with Crippen molar-refractivity contribution in [2.45, 2.75) is 90.0 Å². The smallest absolute Gasteiger partial charge is 0.234 e. The average Bonchev–Trinajstić information content (AvgIpc) is 4.00. The van der Waals surface area contributed by atoms with Crippen molar-refractivity contribution in [1.29, 1.82) is 0 Å². The molecule has 0 aliphatic carbocycles. The van der Waals surface area contributed by atoms with Gasteiger partial charge in [-0.05, 0) is 93.3 Å². The summed E-state index contributed by atoms with van der Waals surface area (Å²) in [5, 5.41) is 0. The number of aromatic nitrogens is 4. The quantitative estimate of drug-likeness (QED) is 0.110. The molecule has 274 valence electrons. The van der Waals surface area contributed by atoms with Gasteiger partial charge in [0.2, 0.25) is 11.8 Å². The predicted octanol–water partition coefficient (Wildman–Crippen LogP) is 8.77. The lowest BCUT2D eigenvalue weighted by atomic mass is 9.75. The van der Waals surface area contributed by atoms with Crippen molar-refractivity contribution < 1.29 is 9.59 Å². The number of rotatable bonds is 8. The number of carbonyl (C=O) groups is 2. The second-order valence-corrected chi connectivity index (χ2v) is 16.5. The van der Waals surface area contributed by atoms with Gasteiger partial charge >= 0.3 is 0 Å². The van der Waals surface area contributed by atoms with Crippen LogP contribution in [0.1, 0.15) is 108 Å². The highest BCUT2D eigenvalue weighted by molar-refractivity contribution is 7.81. The maximum absolute atomic E-state index is 14.0. The lowest BCUT2D eigenvalue weighted by molar-refractivity contribution is -0.145. The molecular weight excluding hydrogens is 677 g/mol. The Bertz CT molecular complexity index is 2190. The first kappa shape index (κ1) is 36.5. The molecule has 2 amide bonds. The lowest BCUT2D eigenvalue weighted by Gasteiger charge is -2.38. The van der Waals surface area contributed by atoms with Gasteiger partial charge in [-0.2, -0.15) is 0 Å². The molecule has 2 aliphatic heterocycles. The number of amides is 2. The number of hydrogen-bond donors (Lipinski definition) is 3. The Balaban J connectivity index is 1.05. The summed E-state index contributed by atoms with van der Waals surface area (Å²) in [4.78, 5) is 47.4. The molecule has 53 heavy (non-hydrogen) atoms. The van der Waals surface area contributed by atoms with E-state index in [0.29, 0.717) is 18.8 Å². The Kier molecular flexibility index (Phi) is 9.79. The molecule has 2 saturated heterocycles. The van der Waals surface area contributed by atoms with Gasteiger partial charge in [-0.25, -0.2) is 9.97 Å². The first-order valence-corrected chi connectivity index (χ1v) is 19.4. The number of hydrogen-bond acceptors (Lipinski definition) is 5. The number of aromatic amines is 2. The minimum absolute atomic E-state index is 0.0287. The number of thiol groups is 1. The molecule has 3 aromatic carbocycles. The summed E-state index contributed by atoms with van der Waals surface area (Å²) < 4.78 is 0. The molecule has 2 fully saturated rings. The molecule has 0 saturated carbocycles. The predicted molar refractivity (Wildman–Crippen MR) is 214 cm³/mol. The van der Waals surface area contributed by atoms with Crippen LogP contribution < -0.4 is 0 Å². The molecule has 2 aliphatic rings. The summed E-state index contributed by atoms with van der Waals surface area (Å²) in [6, 6.07) is 24.0. The van der Waals surface area contributed by atoms with Crippen LogP contribution >= 0.6 is 12.6 Å². The Morgan fingerprint density at radius 3 is 2.38 bits per heavy atom. The molecule has 0 radical (unpaired) electrons. The van der Waals surface area contributed by atoms with Crippen LogP contribution in [0.2, 0.25) is 0 Å². The third-order valence-corrected chi connectivity index (χ3v) is 12.6. The van der Waals surface area contributed by atoms with E-state index in [9.17, 15) is 9.59 Å². The van der Waals surface area contributed by atoms with E-state index in [-0.39, 0.29) is 29.2 Å². The number of fused-ring (bicyclic) bond motifs is 1. The van der Waals surface area contributed by atoms with Gasteiger partial charge in [0, 0.05) is 29.6 Å². The van der Waals surface area contributed by atoms with E-state index in [1.807, 2.05) is 90.5 Å². The van der Waals surface area contributed by atoms with Crippen molar-refractivity contribution in [2.24, 2.45) is 11.3 Å². The van der Waals surface area contributed by atoms with E-state index in [0.717, 1.165) is 77.0 Å². The summed E-state index contributed by atoms with van der Waals surface area (Å²) in [5.41, 5.74) is 5.28. The van der Waals surface area contributed by atoms with Crippen LogP contribution in [0.25, 0.3) is 22.3 Å². The fraction of sp³-hybridized carbons (Fsp3) is 0.409. The van der Waals surface area contributed by atoms with Crippen molar-refractivity contribution in [1.82, 2.24) is 29.7 Å². The van der Waals surface area contributed by atoms with E-state index >= 15 is 0 Å². The largest absolute Gasteiger partial charge is 0.340 e. The molecule has 9 heteroatoms. The molecule has 0 spiro atoms. The Morgan fingerprint density at radius 2 is 1.66 bits per heavy atom. The van der Waals surface area contributed by atoms with Gasteiger partial charge in [0.25, 0.3) is 0 Å². The summed E-state index contributed by atoms with van der Waals surface area (Å²) in [6.45, 7) is 13.8. The van der Waals surface area contributed by atoms with Crippen LogP contribution in [-0.4, -0.2) is 54.6 Å². The van der Waals surface area contributed by atoms with E-state index in [4.69, 9.17) is 22.6 Å². The Hall–Kier alpha value is -4.81. The molecule has 2 aromatic heterocycles. The van der Waals surface area contributed by atoms with Gasteiger partial charge in [0.05, 0.1) is 34.4 Å². The van der Waals surface area contributed by atoms with Crippen molar-refractivity contribution in [3.63, 3.8) is 0 Å². The van der Waals surface area contributed by atoms with Gasteiger partial charge in [0.15, 0.2) is 0 Å². The molecule has 4 heterocycles. The topological polar surface area (TPSA) is 98.0 Å². The standard InChI is InChI=1S/C44H50N6O2S/c1-7-43(6,29(2)3)41(52)49-25-11-15-37(49)38-45-28-36(46-38)32-21-18-30(19-22-32)16-17-31-20-23-34-35(27-31)48-39(47-34)44(53)24-12-26-50(44)40(51)42(4,5)33-13-9-8-10-14-33/h8-10,13-14,18-23,27-29,37,53H,7,11-12,15,24-26H2,1-6H3,(H,45,46)(H,47,48). The van der Waals surface area contributed by atoms with Gasteiger partial charge in [-0.15, -0.1) is 12.6 Å². The van der Waals surface area contributed by atoms with Crippen LogP contribution in [0.4, 0.5) is 0 Å². The van der Waals surface area contributed by atoms with Crippen LogP contribution in [0.15, 0.2) is 79.0 Å². The number of nitrogens with one attached hydrogen (secondary N) is 2. The average molecular weight is 727 g/mol. The highest BCUT2D eigenvalue weighted by atomic mass is 32.1.